The van der Waals surface area contributed by atoms with Gasteiger partial charge in [-0.15, -0.1) is 6.42 Å². The number of rotatable bonds is 4. The van der Waals surface area contributed by atoms with Gasteiger partial charge in [-0.3, -0.25) is 19.1 Å². The number of nitrogens with zero attached hydrogens (tertiary/aromatic N) is 2. The molecule has 28 heavy (non-hydrogen) atoms. The number of aromatic amines is 1. The molecule has 2 heterocycles. The van der Waals surface area contributed by atoms with Crippen molar-refractivity contribution in [3.8, 4) is 12.3 Å². The minimum absolute atomic E-state index is 0.108. The van der Waals surface area contributed by atoms with Crippen molar-refractivity contribution in [3.63, 3.8) is 0 Å². The minimum atomic E-state index is -0.623. The summed E-state index contributed by atoms with van der Waals surface area (Å²) in [7, 11) is 0. The van der Waals surface area contributed by atoms with Crippen molar-refractivity contribution in [2.24, 2.45) is 0 Å². The van der Waals surface area contributed by atoms with E-state index in [1.165, 1.54) is 4.57 Å². The van der Waals surface area contributed by atoms with Crippen molar-refractivity contribution in [1.29, 1.82) is 0 Å². The number of benzene rings is 1. The summed E-state index contributed by atoms with van der Waals surface area (Å²) in [5, 5.41) is 2.90. The van der Waals surface area contributed by atoms with Gasteiger partial charge in [-0.25, -0.2) is 9.78 Å². The molecule has 4 rings (SSSR count). The van der Waals surface area contributed by atoms with Crippen LogP contribution in [0.2, 0.25) is 0 Å². The molecule has 2 aromatic heterocycles. The van der Waals surface area contributed by atoms with Crippen LogP contribution in [0.4, 0.5) is 5.69 Å². The van der Waals surface area contributed by atoms with Crippen LogP contribution in [0.15, 0.2) is 39.9 Å². The van der Waals surface area contributed by atoms with Crippen molar-refractivity contribution in [3.05, 3.63) is 68.0 Å². The summed E-state index contributed by atoms with van der Waals surface area (Å²) < 4.78 is 1.37. The maximum absolute atomic E-state index is 13.0. The van der Waals surface area contributed by atoms with E-state index in [1.807, 2.05) is 0 Å². The van der Waals surface area contributed by atoms with E-state index in [4.69, 9.17) is 6.42 Å². The van der Waals surface area contributed by atoms with E-state index in [2.05, 4.69) is 21.2 Å². The number of terminal acetylenes is 1. The Kier molecular flexibility index (Phi) is 4.32. The summed E-state index contributed by atoms with van der Waals surface area (Å²) >= 11 is 0. The zero-order valence-corrected chi connectivity index (χ0v) is 15.3. The van der Waals surface area contributed by atoms with Crippen LogP contribution in [0.3, 0.4) is 0 Å². The molecule has 1 aliphatic carbocycles. The van der Waals surface area contributed by atoms with Gasteiger partial charge in [-0.2, -0.15) is 0 Å². The fourth-order valence-corrected chi connectivity index (χ4v) is 3.24. The summed E-state index contributed by atoms with van der Waals surface area (Å²) in [5.41, 5.74) is 1.16. The number of aromatic nitrogens is 3. The normalized spacial score (nSPS) is 13.3. The van der Waals surface area contributed by atoms with Gasteiger partial charge in [0.05, 0.1) is 10.9 Å². The highest BCUT2D eigenvalue weighted by Crippen LogP contribution is 2.40. The van der Waals surface area contributed by atoms with E-state index in [1.54, 1.807) is 37.3 Å². The number of pyridine rings is 1. The topological polar surface area (TPSA) is 96.8 Å². The lowest BCUT2D eigenvalue weighted by Crippen LogP contribution is -2.32. The highest BCUT2D eigenvalue weighted by Gasteiger charge is 2.28. The Labute approximate surface area is 160 Å². The molecule has 3 aromatic rings. The summed E-state index contributed by atoms with van der Waals surface area (Å²) in [6.45, 7) is 2.12. The van der Waals surface area contributed by atoms with Gasteiger partial charge in [-0.1, -0.05) is 12.0 Å². The van der Waals surface area contributed by atoms with Crippen molar-refractivity contribution < 1.29 is 4.79 Å². The second kappa shape index (κ2) is 6.82. The van der Waals surface area contributed by atoms with E-state index in [0.29, 0.717) is 17.8 Å². The van der Waals surface area contributed by atoms with Gasteiger partial charge in [0.15, 0.2) is 5.65 Å². The van der Waals surface area contributed by atoms with Crippen molar-refractivity contribution in [2.45, 2.75) is 32.2 Å². The van der Waals surface area contributed by atoms with E-state index in [0.717, 1.165) is 18.5 Å². The number of hydrogen-bond donors (Lipinski definition) is 2. The van der Waals surface area contributed by atoms with Gasteiger partial charge in [0.25, 0.3) is 11.5 Å². The Bertz CT molecular complexity index is 1260. The highest BCUT2D eigenvalue weighted by molar-refractivity contribution is 6.11. The third-order valence-electron chi connectivity index (χ3n) is 4.81. The molecule has 2 N–H and O–H groups in total. The summed E-state index contributed by atoms with van der Waals surface area (Å²) in [6, 6.07) is 8.55. The number of fused-ring (bicyclic) bond motifs is 1. The Morgan fingerprint density at radius 3 is 2.82 bits per heavy atom. The van der Waals surface area contributed by atoms with Gasteiger partial charge in [0, 0.05) is 29.4 Å². The molecule has 1 amide bonds. The Morgan fingerprint density at radius 2 is 2.14 bits per heavy atom. The standard InChI is InChI=1S/C21H18N4O3/c1-3-12-6-5-7-14(10-12)22-19(26)15-11-16(13-8-9-13)23-18-17(15)20(27)24-21(28)25(18)4-2/h1,5-7,10-11,13H,4,8-9H2,2H3,(H,22,26)(H,24,27,28). The van der Waals surface area contributed by atoms with E-state index in [-0.39, 0.29) is 22.5 Å². The highest BCUT2D eigenvalue weighted by atomic mass is 16.2. The molecule has 7 nitrogen and oxygen atoms in total. The number of amides is 1. The molecule has 1 saturated carbocycles. The summed E-state index contributed by atoms with van der Waals surface area (Å²) in [4.78, 5) is 44.6. The fraction of sp³-hybridized carbons (Fsp3) is 0.238. The molecule has 7 heteroatoms. The quantitative estimate of drug-likeness (QED) is 0.684. The smallest absolute Gasteiger partial charge is 0.322 e. The van der Waals surface area contributed by atoms with E-state index < -0.39 is 17.2 Å². The number of carbonyl (C=O) groups is 1. The van der Waals surface area contributed by atoms with Crippen molar-refractivity contribution >= 4 is 22.6 Å². The lowest BCUT2D eigenvalue weighted by atomic mass is 10.1. The third kappa shape index (κ3) is 3.09. The molecule has 0 spiro atoms. The van der Waals surface area contributed by atoms with Crippen LogP contribution in [0.25, 0.3) is 11.0 Å². The number of nitrogens with one attached hydrogen (secondary N) is 2. The second-order valence-electron chi connectivity index (χ2n) is 6.75. The number of hydrogen-bond acceptors (Lipinski definition) is 4. The lowest BCUT2D eigenvalue weighted by molar-refractivity contribution is 0.102. The molecule has 0 aliphatic heterocycles. The average molecular weight is 374 g/mol. The van der Waals surface area contributed by atoms with Crippen LogP contribution < -0.4 is 16.6 Å². The largest absolute Gasteiger partial charge is 0.329 e. The average Bonchev–Trinajstić information content (AvgIpc) is 3.52. The predicted molar refractivity (Wildman–Crippen MR) is 107 cm³/mol. The first-order chi connectivity index (χ1) is 13.5. The molecule has 1 fully saturated rings. The first-order valence-corrected chi connectivity index (χ1v) is 9.07. The Balaban J connectivity index is 1.89. The first-order valence-electron chi connectivity index (χ1n) is 9.07. The molecule has 0 atom stereocenters. The molecule has 0 radical (unpaired) electrons. The number of carbonyl (C=O) groups excluding carboxylic acids is 1. The van der Waals surface area contributed by atoms with Crippen molar-refractivity contribution in [1.82, 2.24) is 14.5 Å². The van der Waals surface area contributed by atoms with Crippen LogP contribution in [-0.4, -0.2) is 20.4 Å². The lowest BCUT2D eigenvalue weighted by Gasteiger charge is -2.12. The van der Waals surface area contributed by atoms with Gasteiger partial charge >= 0.3 is 5.69 Å². The molecule has 0 bridgehead atoms. The molecule has 1 aromatic carbocycles. The molecule has 0 unspecified atom stereocenters. The molecular weight excluding hydrogens is 356 g/mol. The van der Waals surface area contributed by atoms with Crippen LogP contribution in [0.1, 0.15) is 47.3 Å². The van der Waals surface area contributed by atoms with Gasteiger partial charge in [-0.05, 0) is 44.0 Å². The zero-order chi connectivity index (χ0) is 19.8. The summed E-state index contributed by atoms with van der Waals surface area (Å²) in [5.74, 6) is 2.32. The Morgan fingerprint density at radius 1 is 1.36 bits per heavy atom. The molecule has 140 valence electrons. The fourth-order valence-electron chi connectivity index (χ4n) is 3.24. The number of H-pyrrole nitrogens is 1. The molecule has 1 aliphatic rings. The second-order valence-corrected chi connectivity index (χ2v) is 6.75. The minimum Gasteiger partial charge on any atom is -0.322 e. The Hall–Kier alpha value is -3.66. The van der Waals surface area contributed by atoms with Gasteiger partial charge in [0.1, 0.15) is 0 Å². The van der Waals surface area contributed by atoms with Crippen molar-refractivity contribution in [2.75, 3.05) is 5.32 Å². The van der Waals surface area contributed by atoms with Crippen LogP contribution in [-0.2, 0) is 6.54 Å². The zero-order valence-electron chi connectivity index (χ0n) is 15.3. The monoisotopic (exact) mass is 374 g/mol. The predicted octanol–water partition coefficient (Wildman–Crippen LogP) is 2.22. The van der Waals surface area contributed by atoms with Gasteiger partial charge < -0.3 is 5.32 Å². The number of aryl methyl sites for hydroxylation is 1. The van der Waals surface area contributed by atoms with E-state index in [9.17, 15) is 14.4 Å². The molecular formula is C21H18N4O3. The van der Waals surface area contributed by atoms with Crippen LogP contribution in [0, 0.1) is 12.3 Å². The van der Waals surface area contributed by atoms with Crippen LogP contribution >= 0.6 is 0 Å². The number of anilines is 1. The SMILES string of the molecule is C#Cc1cccc(NC(=O)c2cc(C3CC3)nc3c2c(=O)[nH]c(=O)n3CC)c1. The maximum Gasteiger partial charge on any atom is 0.329 e. The van der Waals surface area contributed by atoms with Gasteiger partial charge in [0.2, 0.25) is 0 Å². The van der Waals surface area contributed by atoms with Crippen LogP contribution in [0.5, 0.6) is 0 Å². The molecule has 0 saturated heterocycles. The first kappa shape index (κ1) is 17.7. The summed E-state index contributed by atoms with van der Waals surface area (Å²) in [6.07, 6.45) is 7.36. The third-order valence-corrected chi connectivity index (χ3v) is 4.81. The van der Waals surface area contributed by atoms with E-state index >= 15 is 0 Å². The maximum atomic E-state index is 13.0.